The van der Waals surface area contributed by atoms with Gasteiger partial charge in [-0.15, -0.1) is 0 Å². The van der Waals surface area contributed by atoms with Crippen LogP contribution in [-0.4, -0.2) is 23.9 Å². The molecule has 16 heavy (non-hydrogen) atoms. The Balaban J connectivity index is 2.89. The Morgan fingerprint density at radius 1 is 1.50 bits per heavy atom. The number of ether oxygens (including phenoxy) is 1. The van der Waals surface area contributed by atoms with Crippen LogP contribution in [0.25, 0.3) is 0 Å². The normalized spacial score (nSPS) is 16.2. The Kier molecular flexibility index (Phi) is 4.01. The molecular weight excluding hydrogens is 211 g/mol. The first kappa shape index (κ1) is 12.6. The second kappa shape index (κ2) is 5.07. The summed E-state index contributed by atoms with van der Waals surface area (Å²) in [5, 5.41) is 9.98. The minimum atomic E-state index is -2.09. The van der Waals surface area contributed by atoms with Crippen molar-refractivity contribution in [3.8, 4) is 0 Å². The first-order chi connectivity index (χ1) is 7.50. The zero-order valence-corrected chi connectivity index (χ0v) is 9.31. The Hall–Kier alpha value is -1.42. The van der Waals surface area contributed by atoms with E-state index in [0.29, 0.717) is 5.56 Å². The first-order valence-electron chi connectivity index (χ1n) is 5.08. The Morgan fingerprint density at radius 3 is 2.56 bits per heavy atom. The summed E-state index contributed by atoms with van der Waals surface area (Å²) in [7, 11) is 0. The molecule has 0 saturated carbocycles. The number of rotatable bonds is 4. The molecule has 1 aromatic carbocycles. The van der Waals surface area contributed by atoms with Gasteiger partial charge in [0.05, 0.1) is 6.61 Å². The quantitative estimate of drug-likeness (QED) is 0.796. The highest BCUT2D eigenvalue weighted by Crippen LogP contribution is 2.27. The van der Waals surface area contributed by atoms with Crippen LogP contribution in [0.1, 0.15) is 19.4 Å². The van der Waals surface area contributed by atoms with Gasteiger partial charge in [0, 0.05) is 0 Å². The molecule has 4 heteroatoms. The van der Waals surface area contributed by atoms with Crippen LogP contribution in [-0.2, 0) is 15.1 Å². The average molecular weight is 226 g/mol. The van der Waals surface area contributed by atoms with Crippen molar-refractivity contribution in [2.24, 2.45) is 0 Å². The van der Waals surface area contributed by atoms with Crippen LogP contribution < -0.4 is 0 Å². The number of hydrogen-bond donors (Lipinski definition) is 1. The van der Waals surface area contributed by atoms with Crippen molar-refractivity contribution in [2.45, 2.75) is 25.6 Å². The minimum absolute atomic E-state index is 0.0874. The number of carbonyl (C=O) groups excluding carboxylic acids is 1. The van der Waals surface area contributed by atoms with Gasteiger partial charge in [0.15, 0.2) is 0 Å². The topological polar surface area (TPSA) is 46.5 Å². The van der Waals surface area contributed by atoms with E-state index in [4.69, 9.17) is 0 Å². The van der Waals surface area contributed by atoms with Gasteiger partial charge in [-0.2, -0.15) is 0 Å². The number of aliphatic hydroxyl groups is 1. The van der Waals surface area contributed by atoms with Crippen LogP contribution in [0.5, 0.6) is 0 Å². The molecule has 0 fully saturated rings. The van der Waals surface area contributed by atoms with E-state index in [9.17, 15) is 14.3 Å². The van der Waals surface area contributed by atoms with Gasteiger partial charge >= 0.3 is 5.97 Å². The Morgan fingerprint density at radius 2 is 2.06 bits per heavy atom. The van der Waals surface area contributed by atoms with Gasteiger partial charge in [-0.3, -0.25) is 0 Å². The summed E-state index contributed by atoms with van der Waals surface area (Å²) >= 11 is 0. The molecule has 0 aliphatic rings. The number of hydrogen-bond acceptors (Lipinski definition) is 3. The smallest absolute Gasteiger partial charge is 0.344 e. The second-order valence-corrected chi connectivity index (χ2v) is 3.63. The zero-order valence-electron chi connectivity index (χ0n) is 9.31. The lowest BCUT2D eigenvalue weighted by atomic mass is 9.91. The number of esters is 1. The highest BCUT2D eigenvalue weighted by molar-refractivity contribution is 5.76. The lowest BCUT2D eigenvalue weighted by molar-refractivity contribution is -0.160. The monoisotopic (exact) mass is 226 g/mol. The molecular formula is C12H15FO3. The summed E-state index contributed by atoms with van der Waals surface area (Å²) in [4.78, 5) is 11.2. The number of alkyl halides is 1. The van der Waals surface area contributed by atoms with Crippen LogP contribution >= 0.6 is 0 Å². The van der Waals surface area contributed by atoms with Crippen molar-refractivity contribution in [3.63, 3.8) is 0 Å². The number of benzene rings is 1. The third-order valence-electron chi connectivity index (χ3n) is 2.35. The largest absolute Gasteiger partial charge is 0.464 e. The molecule has 1 aromatic rings. The fraction of sp³-hybridized carbons (Fsp3) is 0.417. The lowest BCUT2D eigenvalue weighted by Crippen LogP contribution is -2.40. The predicted molar refractivity (Wildman–Crippen MR) is 57.5 cm³/mol. The van der Waals surface area contributed by atoms with E-state index in [-0.39, 0.29) is 6.61 Å². The van der Waals surface area contributed by atoms with Crippen LogP contribution in [0.3, 0.4) is 0 Å². The third-order valence-corrected chi connectivity index (χ3v) is 2.35. The summed E-state index contributed by atoms with van der Waals surface area (Å²) in [5.74, 6) is -1.05. The molecule has 0 saturated heterocycles. The van der Waals surface area contributed by atoms with Gasteiger partial charge in [0.2, 0.25) is 6.17 Å². The SMILES string of the molecule is CCOC(=O)[C@@H](F)[C@](C)(O)c1ccccc1. The third kappa shape index (κ3) is 2.58. The molecule has 0 bridgehead atoms. The van der Waals surface area contributed by atoms with E-state index in [1.165, 1.54) is 6.92 Å². The lowest BCUT2D eigenvalue weighted by Gasteiger charge is -2.26. The molecule has 0 aromatic heterocycles. The maximum Gasteiger partial charge on any atom is 0.344 e. The molecule has 1 N–H and O–H groups in total. The average Bonchev–Trinajstić information content (AvgIpc) is 2.29. The van der Waals surface area contributed by atoms with Crippen molar-refractivity contribution in [1.29, 1.82) is 0 Å². The van der Waals surface area contributed by atoms with Crippen LogP contribution in [0.2, 0.25) is 0 Å². The molecule has 0 spiro atoms. The first-order valence-corrected chi connectivity index (χ1v) is 5.08. The highest BCUT2D eigenvalue weighted by Gasteiger charge is 2.40. The molecule has 1 rings (SSSR count). The Labute approximate surface area is 93.9 Å². The highest BCUT2D eigenvalue weighted by atomic mass is 19.1. The molecule has 0 heterocycles. The van der Waals surface area contributed by atoms with E-state index in [0.717, 1.165) is 0 Å². The minimum Gasteiger partial charge on any atom is -0.464 e. The summed E-state index contributed by atoms with van der Waals surface area (Å²) in [6.07, 6.45) is -2.09. The number of carbonyl (C=O) groups is 1. The summed E-state index contributed by atoms with van der Waals surface area (Å²) in [5.41, 5.74) is -1.52. The van der Waals surface area contributed by atoms with Crippen molar-refractivity contribution in [2.75, 3.05) is 6.61 Å². The van der Waals surface area contributed by atoms with E-state index >= 15 is 0 Å². The van der Waals surface area contributed by atoms with Gasteiger partial charge < -0.3 is 9.84 Å². The van der Waals surface area contributed by atoms with E-state index in [1.54, 1.807) is 37.3 Å². The van der Waals surface area contributed by atoms with Crippen molar-refractivity contribution >= 4 is 5.97 Å². The fourth-order valence-corrected chi connectivity index (χ4v) is 1.37. The predicted octanol–water partition coefficient (Wildman–Crippen LogP) is 1.80. The van der Waals surface area contributed by atoms with Gasteiger partial charge in [0.25, 0.3) is 0 Å². The van der Waals surface area contributed by atoms with E-state index in [2.05, 4.69) is 4.74 Å². The number of halogens is 1. The van der Waals surface area contributed by atoms with Gasteiger partial charge in [-0.25, -0.2) is 9.18 Å². The van der Waals surface area contributed by atoms with Gasteiger partial charge in [-0.1, -0.05) is 30.3 Å². The molecule has 0 amide bonds. The van der Waals surface area contributed by atoms with Gasteiger partial charge in [0.1, 0.15) is 5.60 Å². The maximum absolute atomic E-state index is 13.7. The molecule has 0 radical (unpaired) electrons. The maximum atomic E-state index is 13.7. The van der Waals surface area contributed by atoms with Crippen molar-refractivity contribution in [1.82, 2.24) is 0 Å². The molecule has 0 aliphatic carbocycles. The van der Waals surface area contributed by atoms with Crippen molar-refractivity contribution < 1.29 is 19.0 Å². The molecule has 3 nitrogen and oxygen atoms in total. The van der Waals surface area contributed by atoms with Crippen LogP contribution in [0.15, 0.2) is 30.3 Å². The fourth-order valence-electron chi connectivity index (χ4n) is 1.37. The van der Waals surface area contributed by atoms with Gasteiger partial charge in [-0.05, 0) is 19.4 Å². The standard InChI is InChI=1S/C12H15FO3/c1-3-16-11(14)10(13)12(2,15)9-7-5-4-6-8-9/h4-8,10,15H,3H2,1-2H3/t10-,12-/m1/s1. The second-order valence-electron chi connectivity index (χ2n) is 3.63. The summed E-state index contributed by atoms with van der Waals surface area (Å²) in [6, 6.07) is 8.21. The van der Waals surface area contributed by atoms with Crippen LogP contribution in [0, 0.1) is 0 Å². The van der Waals surface area contributed by atoms with Crippen LogP contribution in [0.4, 0.5) is 4.39 Å². The van der Waals surface area contributed by atoms with Crippen molar-refractivity contribution in [3.05, 3.63) is 35.9 Å². The van der Waals surface area contributed by atoms with E-state index < -0.39 is 17.7 Å². The molecule has 0 aliphatic heterocycles. The molecule has 0 unspecified atom stereocenters. The molecule has 88 valence electrons. The Bertz CT molecular complexity index is 349. The summed E-state index contributed by atoms with van der Waals surface area (Å²) in [6.45, 7) is 2.93. The summed E-state index contributed by atoms with van der Waals surface area (Å²) < 4.78 is 18.3. The zero-order chi connectivity index (χ0) is 12.2. The van der Waals surface area contributed by atoms with E-state index in [1.807, 2.05) is 0 Å². The molecule has 2 atom stereocenters.